The summed E-state index contributed by atoms with van der Waals surface area (Å²) in [4.78, 5) is 24.2. The van der Waals surface area contributed by atoms with Gasteiger partial charge in [-0.1, -0.05) is 12.1 Å². The Morgan fingerprint density at radius 3 is 2.23 bits per heavy atom. The van der Waals surface area contributed by atoms with Crippen LogP contribution in [0.2, 0.25) is 0 Å². The normalized spacial score (nSPS) is 12.3. The molecule has 4 rings (SSSR count). The summed E-state index contributed by atoms with van der Waals surface area (Å²) < 4.78 is 79.3. The molecule has 0 saturated heterocycles. The molecule has 0 unspecified atom stereocenters. The first-order chi connectivity index (χ1) is 16.5. The van der Waals surface area contributed by atoms with Crippen LogP contribution in [0.25, 0.3) is 28.6 Å². The molecule has 0 aliphatic rings. The Bertz CT molecular complexity index is 1380. The molecule has 0 fully saturated rings. The number of nitrogens with zero attached hydrogens (tertiary/aromatic N) is 5. The van der Waals surface area contributed by atoms with Gasteiger partial charge in [0.15, 0.2) is 11.6 Å². The number of nitrogens with one attached hydrogen (secondary N) is 2. The third-order valence-electron chi connectivity index (χ3n) is 4.50. The highest BCUT2D eigenvalue weighted by Gasteiger charge is 2.37. The fourth-order valence-corrected chi connectivity index (χ4v) is 2.89. The fourth-order valence-electron chi connectivity index (χ4n) is 2.89. The zero-order chi connectivity index (χ0) is 25.2. The van der Waals surface area contributed by atoms with Crippen molar-refractivity contribution in [2.45, 2.75) is 12.4 Å². The second-order valence-electron chi connectivity index (χ2n) is 7.02. The molecule has 0 spiro atoms. The highest BCUT2D eigenvalue weighted by Crippen LogP contribution is 2.38. The van der Waals surface area contributed by atoms with Gasteiger partial charge in [0.05, 0.1) is 28.4 Å². The first kappa shape index (κ1) is 23.7. The Labute approximate surface area is 192 Å². The first-order valence-electron chi connectivity index (χ1n) is 9.66. The molecule has 14 heteroatoms. The number of alkyl halides is 6. The van der Waals surface area contributed by atoms with E-state index in [4.69, 9.17) is 0 Å². The highest BCUT2D eigenvalue weighted by atomic mass is 19.4. The Balaban J connectivity index is 1.46. The third-order valence-corrected chi connectivity index (χ3v) is 4.50. The molecule has 0 atom stereocenters. The molecule has 0 aliphatic heterocycles. The monoisotopic (exact) mass is 493 g/mol. The lowest BCUT2D eigenvalue weighted by molar-refractivity contribution is -0.143. The van der Waals surface area contributed by atoms with E-state index in [9.17, 15) is 31.1 Å². The molecule has 1 amide bonds. The van der Waals surface area contributed by atoms with E-state index in [0.717, 1.165) is 23.3 Å². The van der Waals surface area contributed by atoms with E-state index in [2.05, 4.69) is 30.9 Å². The topological polar surface area (TPSA) is 97.6 Å². The molecule has 0 aliphatic carbocycles. The van der Waals surface area contributed by atoms with Crippen molar-refractivity contribution < 1.29 is 31.1 Å². The molecule has 2 N–H and O–H groups in total. The zero-order valence-electron chi connectivity index (χ0n) is 17.3. The van der Waals surface area contributed by atoms with Gasteiger partial charge in [0.1, 0.15) is 6.33 Å². The SMILES string of the molecule is O=C(C=Cn1cnc(-c2cc(C(F)(F)F)cc(C(F)(F)F)c2)n1)NNc1cnc2ccccc2n1. The smallest absolute Gasteiger partial charge is 0.280 e. The molecule has 2 aromatic carbocycles. The number of benzene rings is 2. The summed E-state index contributed by atoms with van der Waals surface area (Å²) in [5.74, 6) is -0.787. The lowest BCUT2D eigenvalue weighted by Crippen LogP contribution is -2.28. The average molecular weight is 493 g/mol. The van der Waals surface area contributed by atoms with Crippen molar-refractivity contribution in [3.05, 3.63) is 72.2 Å². The fraction of sp³-hybridized carbons (Fsp3) is 0.0952. The van der Waals surface area contributed by atoms with Crippen molar-refractivity contribution in [2.24, 2.45) is 0 Å². The van der Waals surface area contributed by atoms with Gasteiger partial charge >= 0.3 is 12.4 Å². The second kappa shape index (κ2) is 9.04. The summed E-state index contributed by atoms with van der Waals surface area (Å²) in [6.45, 7) is 0. The van der Waals surface area contributed by atoms with Crippen LogP contribution in [0, 0.1) is 0 Å². The number of fused-ring (bicyclic) bond motifs is 1. The third kappa shape index (κ3) is 5.72. The summed E-state index contributed by atoms with van der Waals surface area (Å²) in [5.41, 5.74) is 2.69. The summed E-state index contributed by atoms with van der Waals surface area (Å²) in [5, 5.41) is 3.81. The van der Waals surface area contributed by atoms with Crippen molar-refractivity contribution in [1.29, 1.82) is 0 Å². The zero-order valence-corrected chi connectivity index (χ0v) is 17.3. The van der Waals surface area contributed by atoms with Crippen LogP contribution in [-0.2, 0) is 17.1 Å². The number of carbonyl (C=O) groups excluding carboxylic acids is 1. The highest BCUT2D eigenvalue weighted by molar-refractivity contribution is 5.90. The Hall–Kier alpha value is -4.49. The van der Waals surface area contributed by atoms with Crippen LogP contribution < -0.4 is 10.9 Å². The van der Waals surface area contributed by atoms with Crippen LogP contribution >= 0.6 is 0 Å². The van der Waals surface area contributed by atoms with E-state index in [1.165, 1.54) is 6.20 Å². The molecule has 0 radical (unpaired) electrons. The number of anilines is 1. The Morgan fingerprint density at radius 2 is 1.57 bits per heavy atom. The number of rotatable bonds is 5. The average Bonchev–Trinajstić information content (AvgIpc) is 3.29. The Morgan fingerprint density at radius 1 is 0.914 bits per heavy atom. The molecule has 2 heterocycles. The molecule has 0 bridgehead atoms. The lowest BCUT2D eigenvalue weighted by atomic mass is 10.0. The molecule has 0 saturated carbocycles. The molecular formula is C21H13F6N7O. The maximum Gasteiger partial charge on any atom is 0.416 e. The minimum Gasteiger partial charge on any atom is -0.280 e. The molecule has 180 valence electrons. The summed E-state index contributed by atoms with van der Waals surface area (Å²) >= 11 is 0. The standard InChI is InChI=1S/C21H13F6N7O/c22-20(23,24)13-7-12(8-14(9-13)21(25,26)27)19-29-11-34(33-19)6-5-18(35)32-31-17-10-28-15-3-1-2-4-16(15)30-17/h1-11H,(H,30,31)(H,32,35). The van der Waals surface area contributed by atoms with Crippen LogP contribution in [0.4, 0.5) is 32.2 Å². The number of hydrogen-bond donors (Lipinski definition) is 2. The van der Waals surface area contributed by atoms with Gasteiger partial charge in [-0.15, -0.1) is 5.10 Å². The Kier molecular flexibility index (Phi) is 6.11. The number of hydrogen-bond acceptors (Lipinski definition) is 6. The van der Waals surface area contributed by atoms with Crippen molar-refractivity contribution in [3.63, 3.8) is 0 Å². The van der Waals surface area contributed by atoms with Crippen LogP contribution in [0.3, 0.4) is 0 Å². The van der Waals surface area contributed by atoms with Gasteiger partial charge in [0.25, 0.3) is 5.91 Å². The number of aromatic nitrogens is 5. The maximum absolute atomic E-state index is 13.1. The van der Waals surface area contributed by atoms with E-state index in [1.807, 2.05) is 0 Å². The molecular weight excluding hydrogens is 480 g/mol. The lowest BCUT2D eigenvalue weighted by Gasteiger charge is -2.13. The summed E-state index contributed by atoms with van der Waals surface area (Å²) in [6, 6.07) is 8.12. The van der Waals surface area contributed by atoms with E-state index >= 15 is 0 Å². The molecule has 4 aromatic rings. The predicted molar refractivity (Wildman–Crippen MR) is 112 cm³/mol. The molecule has 35 heavy (non-hydrogen) atoms. The minimum absolute atomic E-state index is 0.0116. The second-order valence-corrected chi connectivity index (χ2v) is 7.02. The van der Waals surface area contributed by atoms with E-state index in [0.29, 0.717) is 23.2 Å². The molecule has 2 aromatic heterocycles. The van der Waals surface area contributed by atoms with Crippen molar-refractivity contribution in [3.8, 4) is 11.4 Å². The van der Waals surface area contributed by atoms with E-state index < -0.39 is 40.8 Å². The van der Waals surface area contributed by atoms with Gasteiger partial charge < -0.3 is 0 Å². The van der Waals surface area contributed by atoms with Gasteiger partial charge in [-0.2, -0.15) is 26.3 Å². The van der Waals surface area contributed by atoms with Gasteiger partial charge in [-0.05, 0) is 30.3 Å². The quantitative estimate of drug-likeness (QED) is 0.241. The van der Waals surface area contributed by atoms with E-state index in [-0.39, 0.29) is 11.9 Å². The van der Waals surface area contributed by atoms with Crippen LogP contribution in [-0.4, -0.2) is 30.6 Å². The van der Waals surface area contributed by atoms with Gasteiger partial charge in [-0.3, -0.25) is 20.6 Å². The van der Waals surface area contributed by atoms with Crippen LogP contribution in [0.15, 0.2) is 61.1 Å². The first-order valence-corrected chi connectivity index (χ1v) is 9.66. The number of halogens is 6. The summed E-state index contributed by atoms with van der Waals surface area (Å²) in [6.07, 6.45) is -5.46. The largest absolute Gasteiger partial charge is 0.416 e. The van der Waals surface area contributed by atoms with E-state index in [1.54, 1.807) is 24.3 Å². The summed E-state index contributed by atoms with van der Waals surface area (Å²) in [7, 11) is 0. The maximum atomic E-state index is 13.1. The minimum atomic E-state index is -5.00. The number of carbonyl (C=O) groups is 1. The number of amides is 1. The van der Waals surface area contributed by atoms with Gasteiger partial charge in [0.2, 0.25) is 0 Å². The predicted octanol–water partition coefficient (Wildman–Crippen LogP) is 4.54. The van der Waals surface area contributed by atoms with Gasteiger partial charge in [-0.25, -0.2) is 14.6 Å². The number of hydrazine groups is 1. The molecule has 8 nitrogen and oxygen atoms in total. The van der Waals surface area contributed by atoms with Gasteiger partial charge in [0, 0.05) is 17.8 Å². The van der Waals surface area contributed by atoms with Crippen molar-refractivity contribution in [1.82, 2.24) is 30.2 Å². The number of para-hydroxylation sites is 2. The van der Waals surface area contributed by atoms with Crippen LogP contribution in [0.5, 0.6) is 0 Å². The van der Waals surface area contributed by atoms with Crippen molar-refractivity contribution in [2.75, 3.05) is 5.43 Å². The van der Waals surface area contributed by atoms with Crippen molar-refractivity contribution >= 4 is 29.0 Å². The van der Waals surface area contributed by atoms with Crippen LogP contribution in [0.1, 0.15) is 11.1 Å².